The first kappa shape index (κ1) is 75.1. The second-order valence-electron chi connectivity index (χ2n) is 20.7. The topological polar surface area (TPSA) is 282 Å². The first-order valence-electron chi connectivity index (χ1n) is 30.8. The number of nitrogens with one attached hydrogen (secondary N) is 7. The van der Waals surface area contributed by atoms with Gasteiger partial charge in [0.05, 0.1) is 12.5 Å². The molecule has 79 heavy (non-hydrogen) atoms. The Morgan fingerprint density at radius 3 is 1.44 bits per heavy atom. The van der Waals surface area contributed by atoms with Crippen molar-refractivity contribution < 1.29 is 43.1 Å². The number of hydrogen-bond acceptors (Lipinski definition) is 13. The second-order valence-corrected chi connectivity index (χ2v) is 23.4. The van der Waals surface area contributed by atoms with Gasteiger partial charge >= 0.3 is 5.97 Å². The number of carbonyl (C=O) groups is 8. The number of unbranched alkanes of at least 4 members (excludes halogenated alkanes) is 22. The van der Waals surface area contributed by atoms with E-state index in [1.807, 2.05) is 12.2 Å². The molecule has 0 radical (unpaired) electrons. The quantitative estimate of drug-likeness (QED) is 0.0120. The minimum atomic E-state index is -1.18. The van der Waals surface area contributed by atoms with Crippen LogP contribution in [0.15, 0.2) is 12.2 Å². The third kappa shape index (κ3) is 49.6. The SMILES string of the molecule is CCCCCC/C=C\COC(=O)CCCNC(=O)C(CCC(=O)NC(CC(=O)NCCCCCCCCCCCC)C(=O)NCCCCCCCCCCCC)NC(=O)CCC(=O)NCCSSCCNC(=O)C(N)CCCN. The molecule has 0 heterocycles. The fourth-order valence-corrected chi connectivity index (χ4v) is 10.3. The molecule has 7 amide bonds. The number of carbonyl (C=O) groups excluding carboxylic acids is 8. The molecular formula is C59H111N9O9S2. The molecule has 0 aliphatic rings. The molecule has 0 fully saturated rings. The van der Waals surface area contributed by atoms with Crippen molar-refractivity contribution in [2.75, 3.05) is 57.4 Å². The van der Waals surface area contributed by atoms with E-state index in [0.29, 0.717) is 57.1 Å². The lowest BCUT2D eigenvalue weighted by Crippen LogP contribution is -2.50. The van der Waals surface area contributed by atoms with Crippen LogP contribution in [0.2, 0.25) is 0 Å². The van der Waals surface area contributed by atoms with Gasteiger partial charge in [-0.15, -0.1) is 0 Å². The van der Waals surface area contributed by atoms with Crippen molar-refractivity contribution in [3.05, 3.63) is 12.2 Å². The molecule has 11 N–H and O–H groups in total. The third-order valence-electron chi connectivity index (χ3n) is 13.3. The lowest BCUT2D eigenvalue weighted by molar-refractivity contribution is -0.142. The van der Waals surface area contributed by atoms with E-state index in [1.54, 1.807) is 10.8 Å². The van der Waals surface area contributed by atoms with E-state index in [2.05, 4.69) is 58.0 Å². The molecule has 0 spiro atoms. The van der Waals surface area contributed by atoms with Gasteiger partial charge in [0.1, 0.15) is 18.7 Å². The summed E-state index contributed by atoms with van der Waals surface area (Å²) in [6.07, 6.45) is 33.1. The van der Waals surface area contributed by atoms with Crippen LogP contribution in [-0.4, -0.2) is 123 Å². The number of hydrogen-bond donors (Lipinski definition) is 9. The van der Waals surface area contributed by atoms with E-state index in [4.69, 9.17) is 16.2 Å². The molecular weight excluding hydrogens is 1040 g/mol. The van der Waals surface area contributed by atoms with Gasteiger partial charge in [-0.25, -0.2) is 0 Å². The summed E-state index contributed by atoms with van der Waals surface area (Å²) in [6, 6.07) is -2.91. The summed E-state index contributed by atoms with van der Waals surface area (Å²) < 4.78 is 5.30. The molecule has 3 unspecified atom stereocenters. The lowest BCUT2D eigenvalue weighted by atomic mass is 10.1. The minimum Gasteiger partial charge on any atom is -0.461 e. The molecule has 3 atom stereocenters. The highest BCUT2D eigenvalue weighted by atomic mass is 33.1. The summed E-state index contributed by atoms with van der Waals surface area (Å²) >= 11 is 0. The Balaban J connectivity index is 5.49. The maximum atomic E-state index is 13.6. The van der Waals surface area contributed by atoms with Crippen molar-refractivity contribution in [2.24, 2.45) is 11.5 Å². The van der Waals surface area contributed by atoms with Crippen molar-refractivity contribution in [3.63, 3.8) is 0 Å². The molecule has 0 saturated carbocycles. The molecule has 0 aliphatic carbocycles. The lowest BCUT2D eigenvalue weighted by Gasteiger charge is -2.21. The Morgan fingerprint density at radius 2 is 0.873 bits per heavy atom. The van der Waals surface area contributed by atoms with Gasteiger partial charge in [0, 0.05) is 69.9 Å². The van der Waals surface area contributed by atoms with E-state index in [-0.39, 0.29) is 75.8 Å². The molecule has 0 aromatic carbocycles. The Morgan fingerprint density at radius 1 is 0.430 bits per heavy atom. The van der Waals surface area contributed by atoms with Crippen molar-refractivity contribution in [1.82, 2.24) is 37.2 Å². The van der Waals surface area contributed by atoms with Gasteiger partial charge < -0.3 is 53.4 Å². The van der Waals surface area contributed by atoms with Crippen LogP contribution in [0.1, 0.15) is 239 Å². The van der Waals surface area contributed by atoms with Crippen LogP contribution in [-0.2, 0) is 43.1 Å². The smallest absolute Gasteiger partial charge is 0.306 e. The monoisotopic (exact) mass is 1150 g/mol. The summed E-state index contributed by atoms with van der Waals surface area (Å²) in [7, 11) is 3.08. The third-order valence-corrected chi connectivity index (χ3v) is 15.7. The largest absolute Gasteiger partial charge is 0.461 e. The predicted molar refractivity (Wildman–Crippen MR) is 325 cm³/mol. The van der Waals surface area contributed by atoms with Gasteiger partial charge in [-0.3, -0.25) is 38.4 Å². The van der Waals surface area contributed by atoms with Crippen LogP contribution < -0.4 is 48.7 Å². The molecule has 18 nitrogen and oxygen atoms in total. The number of allylic oxidation sites excluding steroid dienone is 1. The van der Waals surface area contributed by atoms with Gasteiger partial charge in [-0.2, -0.15) is 0 Å². The van der Waals surface area contributed by atoms with Crippen LogP contribution in [0.3, 0.4) is 0 Å². The number of amides is 7. The number of ether oxygens (including phenoxy) is 1. The zero-order chi connectivity index (χ0) is 58.2. The Bertz CT molecular complexity index is 1630. The van der Waals surface area contributed by atoms with Crippen LogP contribution in [0.25, 0.3) is 0 Å². The number of esters is 1. The zero-order valence-electron chi connectivity index (χ0n) is 49.4. The molecule has 0 aromatic rings. The molecule has 0 rings (SSSR count). The standard InChI is InChI=1S/C59H111N9O9S2/c1-4-7-10-13-16-18-20-22-25-28-40-62-55(72)48-51(59(76)64-41-29-26-23-21-19-17-14-11-8-5-2)68-53(70)36-35-50(58(75)65-42-32-34-56(73)77-45-30-27-24-15-12-9-6-3)67-54(71)38-37-52(69)63-43-46-78-79-47-44-66-57(74)49(61)33-31-39-60/h27,30,49-51H,4-26,28-29,31-48,60-61H2,1-3H3,(H,62,72)(H,63,69)(H,64,76)(H,65,75)(H,66,74)(H,67,71)(H,68,70)/b30-27-. The Kier molecular flexibility index (Phi) is 53.3. The van der Waals surface area contributed by atoms with Crippen molar-refractivity contribution in [3.8, 4) is 0 Å². The van der Waals surface area contributed by atoms with Gasteiger partial charge in [-0.05, 0) is 57.9 Å². The van der Waals surface area contributed by atoms with E-state index >= 15 is 0 Å². The highest BCUT2D eigenvalue weighted by molar-refractivity contribution is 8.76. The number of rotatable bonds is 56. The average Bonchev–Trinajstić information content (AvgIpc) is 3.43. The molecule has 0 aromatic heterocycles. The van der Waals surface area contributed by atoms with Crippen LogP contribution >= 0.6 is 21.6 Å². The Hall–Kier alpha value is -3.88. The summed E-state index contributed by atoms with van der Waals surface area (Å²) in [6.45, 7) is 9.05. The van der Waals surface area contributed by atoms with Gasteiger partial charge in [0.25, 0.3) is 0 Å². The molecule has 0 saturated heterocycles. The van der Waals surface area contributed by atoms with Crippen molar-refractivity contribution in [2.45, 2.75) is 257 Å². The fourth-order valence-electron chi connectivity index (χ4n) is 8.47. The van der Waals surface area contributed by atoms with Gasteiger partial charge in [-0.1, -0.05) is 189 Å². The molecule has 0 bridgehead atoms. The first-order valence-corrected chi connectivity index (χ1v) is 33.3. The second kappa shape index (κ2) is 56.0. The maximum absolute atomic E-state index is 13.6. The first-order chi connectivity index (χ1) is 38.4. The van der Waals surface area contributed by atoms with Gasteiger partial charge in [0.15, 0.2) is 0 Å². The highest BCUT2D eigenvalue weighted by Crippen LogP contribution is 2.19. The predicted octanol–water partition coefficient (Wildman–Crippen LogP) is 8.63. The van der Waals surface area contributed by atoms with E-state index in [0.717, 1.165) is 57.8 Å². The summed E-state index contributed by atoms with van der Waals surface area (Å²) in [5.41, 5.74) is 11.4. The Labute approximate surface area is 485 Å². The average molecular weight is 1150 g/mol. The van der Waals surface area contributed by atoms with Crippen molar-refractivity contribution in [1.29, 1.82) is 0 Å². The zero-order valence-corrected chi connectivity index (χ0v) is 51.1. The van der Waals surface area contributed by atoms with Crippen LogP contribution in [0, 0.1) is 0 Å². The summed E-state index contributed by atoms with van der Waals surface area (Å²) in [5.74, 6) is -2.25. The molecule has 20 heteroatoms. The minimum absolute atomic E-state index is 0.0647. The van der Waals surface area contributed by atoms with E-state index < -0.39 is 47.7 Å². The van der Waals surface area contributed by atoms with Gasteiger partial charge in [0.2, 0.25) is 41.4 Å². The van der Waals surface area contributed by atoms with Crippen LogP contribution in [0.4, 0.5) is 0 Å². The highest BCUT2D eigenvalue weighted by Gasteiger charge is 2.26. The molecule has 458 valence electrons. The normalized spacial score (nSPS) is 12.3. The summed E-state index contributed by atoms with van der Waals surface area (Å²) in [5, 5.41) is 19.6. The summed E-state index contributed by atoms with van der Waals surface area (Å²) in [4.78, 5) is 104. The number of nitrogens with two attached hydrogens (primary N) is 2. The maximum Gasteiger partial charge on any atom is 0.306 e. The fraction of sp³-hybridized carbons (Fsp3) is 0.831. The van der Waals surface area contributed by atoms with Crippen LogP contribution in [0.5, 0.6) is 0 Å². The van der Waals surface area contributed by atoms with E-state index in [1.165, 1.54) is 114 Å². The van der Waals surface area contributed by atoms with E-state index in [9.17, 15) is 38.4 Å². The van der Waals surface area contributed by atoms with Crippen molar-refractivity contribution >= 4 is 68.9 Å². The molecule has 0 aliphatic heterocycles.